The van der Waals surface area contributed by atoms with Gasteiger partial charge in [0.05, 0.1) is 17.1 Å². The van der Waals surface area contributed by atoms with Crippen molar-refractivity contribution in [2.45, 2.75) is 65.5 Å². The van der Waals surface area contributed by atoms with Crippen LogP contribution in [0.4, 0.5) is 5.00 Å². The lowest BCUT2D eigenvalue weighted by molar-refractivity contribution is -0.122. The van der Waals surface area contributed by atoms with Crippen LogP contribution in [0.2, 0.25) is 0 Å². The number of ether oxygens (including phenoxy) is 1. The summed E-state index contributed by atoms with van der Waals surface area (Å²) in [5, 5.41) is 6.34. The molecule has 2 heterocycles. The van der Waals surface area contributed by atoms with E-state index in [2.05, 4.69) is 17.6 Å². The van der Waals surface area contributed by atoms with Gasteiger partial charge >= 0.3 is 0 Å². The Balaban J connectivity index is 1.54. The van der Waals surface area contributed by atoms with E-state index >= 15 is 0 Å². The molecule has 0 saturated carbocycles. The van der Waals surface area contributed by atoms with Crippen LogP contribution in [0, 0.1) is 19.8 Å². The molecule has 2 aromatic rings. The van der Waals surface area contributed by atoms with Gasteiger partial charge in [0.25, 0.3) is 11.8 Å². The molecule has 2 N–H and O–H groups in total. The highest BCUT2D eigenvalue weighted by Gasteiger charge is 2.33. The Kier molecular flexibility index (Phi) is 7.05. The molecule has 1 aliphatic carbocycles. The summed E-state index contributed by atoms with van der Waals surface area (Å²) < 4.78 is 29.6. The Morgan fingerprint density at radius 3 is 2.50 bits per heavy atom. The molecule has 0 radical (unpaired) electrons. The third kappa shape index (κ3) is 5.63. The van der Waals surface area contributed by atoms with Gasteiger partial charge in [0.2, 0.25) is 0 Å². The van der Waals surface area contributed by atoms with Gasteiger partial charge in [-0.1, -0.05) is 13.0 Å². The molecular weight excluding hydrogens is 472 g/mol. The van der Waals surface area contributed by atoms with Gasteiger partial charge in [0.1, 0.15) is 10.8 Å². The fourth-order valence-electron chi connectivity index (χ4n) is 4.72. The molecule has 1 aliphatic heterocycles. The first-order chi connectivity index (χ1) is 16.0. The zero-order valence-electron chi connectivity index (χ0n) is 20.1. The molecule has 1 aromatic heterocycles. The summed E-state index contributed by atoms with van der Waals surface area (Å²) >= 11 is 1.44. The number of nitrogens with one attached hydrogen (secondary N) is 2. The molecule has 3 atom stereocenters. The molecule has 2 amide bonds. The van der Waals surface area contributed by atoms with Gasteiger partial charge in [-0.3, -0.25) is 9.59 Å². The molecule has 184 valence electrons. The molecule has 1 saturated heterocycles. The molecule has 0 spiro atoms. The van der Waals surface area contributed by atoms with Gasteiger partial charge in [0.15, 0.2) is 15.9 Å². The second kappa shape index (κ2) is 9.70. The van der Waals surface area contributed by atoms with Crippen molar-refractivity contribution in [1.82, 2.24) is 5.32 Å². The van der Waals surface area contributed by atoms with Crippen molar-refractivity contribution in [3.63, 3.8) is 0 Å². The fraction of sp³-hybridized carbons (Fsp3) is 0.520. The highest BCUT2D eigenvalue weighted by Crippen LogP contribution is 2.40. The van der Waals surface area contributed by atoms with Crippen molar-refractivity contribution in [3.8, 4) is 5.75 Å². The molecule has 3 unspecified atom stereocenters. The van der Waals surface area contributed by atoms with Crippen LogP contribution in [-0.2, 0) is 27.5 Å². The fourth-order valence-corrected chi connectivity index (χ4v) is 7.80. The number of anilines is 1. The van der Waals surface area contributed by atoms with Gasteiger partial charge in [-0.15, -0.1) is 11.3 Å². The number of amides is 2. The van der Waals surface area contributed by atoms with Crippen molar-refractivity contribution in [3.05, 3.63) is 45.3 Å². The molecule has 1 fully saturated rings. The minimum atomic E-state index is -3.11. The summed E-state index contributed by atoms with van der Waals surface area (Å²) in [4.78, 5) is 27.4. The second-order valence-electron chi connectivity index (χ2n) is 9.70. The van der Waals surface area contributed by atoms with Crippen LogP contribution >= 0.6 is 11.3 Å². The van der Waals surface area contributed by atoms with E-state index in [1.165, 1.54) is 11.3 Å². The lowest BCUT2D eigenvalue weighted by Gasteiger charge is -2.19. The van der Waals surface area contributed by atoms with Gasteiger partial charge in [-0.2, -0.15) is 0 Å². The summed E-state index contributed by atoms with van der Waals surface area (Å²) in [6.07, 6.45) is 2.27. The molecule has 7 nitrogen and oxygen atoms in total. The van der Waals surface area contributed by atoms with Crippen molar-refractivity contribution >= 4 is 38.0 Å². The number of rotatable bonds is 6. The third-order valence-electron chi connectivity index (χ3n) is 6.42. The van der Waals surface area contributed by atoms with Gasteiger partial charge in [-0.05, 0) is 81.2 Å². The number of fused-ring (bicyclic) bond motifs is 1. The summed E-state index contributed by atoms with van der Waals surface area (Å²) in [5.74, 6) is 0.548. The first-order valence-electron chi connectivity index (χ1n) is 11.7. The minimum absolute atomic E-state index is 0.0371. The first kappa shape index (κ1) is 24.7. The van der Waals surface area contributed by atoms with Crippen LogP contribution in [0.15, 0.2) is 18.2 Å². The number of carbonyl (C=O) groups is 2. The zero-order valence-corrected chi connectivity index (χ0v) is 21.7. The van der Waals surface area contributed by atoms with Crippen LogP contribution in [0.25, 0.3) is 0 Å². The Morgan fingerprint density at radius 1 is 1.15 bits per heavy atom. The van der Waals surface area contributed by atoms with Crippen LogP contribution in [0.5, 0.6) is 5.75 Å². The lowest BCUT2D eigenvalue weighted by atomic mass is 9.88. The van der Waals surface area contributed by atoms with Crippen LogP contribution < -0.4 is 15.4 Å². The number of sulfone groups is 1. The number of carbonyl (C=O) groups excluding carboxylic acids is 2. The number of aryl methyl sites for hydroxylation is 2. The van der Waals surface area contributed by atoms with Gasteiger partial charge < -0.3 is 15.4 Å². The highest BCUT2D eigenvalue weighted by atomic mass is 32.2. The second-order valence-corrected chi connectivity index (χ2v) is 13.0. The average Bonchev–Trinajstić information content (AvgIpc) is 3.25. The average molecular weight is 505 g/mol. The predicted molar refractivity (Wildman–Crippen MR) is 135 cm³/mol. The van der Waals surface area contributed by atoms with Crippen molar-refractivity contribution < 1.29 is 22.7 Å². The molecule has 9 heteroatoms. The Hall–Kier alpha value is -2.39. The number of hydrogen-bond acceptors (Lipinski definition) is 6. The van der Waals surface area contributed by atoms with E-state index in [4.69, 9.17) is 4.74 Å². The van der Waals surface area contributed by atoms with Gasteiger partial charge in [0, 0.05) is 10.9 Å². The van der Waals surface area contributed by atoms with Crippen molar-refractivity contribution in [1.29, 1.82) is 0 Å². The van der Waals surface area contributed by atoms with E-state index in [1.807, 2.05) is 32.0 Å². The summed E-state index contributed by atoms with van der Waals surface area (Å²) in [6.45, 7) is 7.82. The first-order valence-corrected chi connectivity index (χ1v) is 14.4. The molecule has 2 aliphatic rings. The van der Waals surface area contributed by atoms with E-state index in [0.29, 0.717) is 28.7 Å². The van der Waals surface area contributed by atoms with Gasteiger partial charge in [-0.25, -0.2) is 8.42 Å². The van der Waals surface area contributed by atoms with E-state index in [9.17, 15) is 18.0 Å². The normalized spacial score (nSPS) is 22.0. The largest absolute Gasteiger partial charge is 0.481 e. The van der Waals surface area contributed by atoms with E-state index in [0.717, 1.165) is 40.8 Å². The smallest absolute Gasteiger partial charge is 0.265 e. The maximum absolute atomic E-state index is 13.3. The third-order valence-corrected chi connectivity index (χ3v) is 9.36. The standard InChI is InChI=1S/C25H32N2O5S2/c1-14-5-6-20-21(12-14)33-25(22(20)24(29)26-18-7-8-34(30,31)13-18)27-23(28)17(4)32-19-10-15(2)9-16(3)11-19/h9-11,14,17-18H,5-8,12-13H2,1-4H3,(H,26,29)(H,27,28). The number of hydrogen-bond donors (Lipinski definition) is 2. The molecule has 0 bridgehead atoms. The Morgan fingerprint density at radius 2 is 1.85 bits per heavy atom. The maximum atomic E-state index is 13.3. The van der Waals surface area contributed by atoms with E-state index < -0.39 is 22.0 Å². The van der Waals surface area contributed by atoms with Crippen molar-refractivity contribution in [2.75, 3.05) is 16.8 Å². The Labute approximate surface area is 205 Å². The van der Waals surface area contributed by atoms with Crippen LogP contribution in [0.3, 0.4) is 0 Å². The van der Waals surface area contributed by atoms with Crippen molar-refractivity contribution in [2.24, 2.45) is 5.92 Å². The molecule has 1 aromatic carbocycles. The summed E-state index contributed by atoms with van der Waals surface area (Å²) in [6, 6.07) is 5.41. The number of thiophene rings is 1. The molecule has 4 rings (SSSR count). The quantitative estimate of drug-likeness (QED) is 0.623. The predicted octanol–water partition coefficient (Wildman–Crippen LogP) is 3.81. The van der Waals surface area contributed by atoms with Crippen LogP contribution in [-0.4, -0.2) is 43.9 Å². The summed E-state index contributed by atoms with van der Waals surface area (Å²) in [7, 11) is -3.11. The highest BCUT2D eigenvalue weighted by molar-refractivity contribution is 7.91. The lowest BCUT2D eigenvalue weighted by Crippen LogP contribution is -2.37. The summed E-state index contributed by atoms with van der Waals surface area (Å²) in [5.41, 5.74) is 3.55. The van der Waals surface area contributed by atoms with E-state index in [1.54, 1.807) is 6.92 Å². The number of benzene rings is 1. The monoisotopic (exact) mass is 504 g/mol. The molecular formula is C25H32N2O5S2. The topological polar surface area (TPSA) is 102 Å². The van der Waals surface area contributed by atoms with E-state index in [-0.39, 0.29) is 23.3 Å². The zero-order chi connectivity index (χ0) is 24.6. The SMILES string of the molecule is Cc1cc(C)cc(OC(C)C(=O)Nc2sc3c(c2C(=O)NC2CCS(=O)(=O)C2)CCC(C)C3)c1. The maximum Gasteiger partial charge on any atom is 0.265 e. The minimum Gasteiger partial charge on any atom is -0.481 e. The molecule has 34 heavy (non-hydrogen) atoms. The Bertz CT molecular complexity index is 1200. The van der Waals surface area contributed by atoms with Crippen LogP contribution in [0.1, 0.15) is 58.6 Å².